The van der Waals surface area contributed by atoms with Crippen molar-refractivity contribution in [2.75, 3.05) is 18.5 Å². The van der Waals surface area contributed by atoms with E-state index in [-0.39, 0.29) is 17.8 Å². The third-order valence-corrected chi connectivity index (χ3v) is 9.36. The maximum absolute atomic E-state index is 15.7. The number of aldehydes is 1. The number of halogens is 1. The fourth-order valence-corrected chi connectivity index (χ4v) is 6.81. The molecule has 39 heavy (non-hydrogen) atoms. The maximum atomic E-state index is 15.7. The molecular weight excluding hydrogens is 511 g/mol. The number of benzene rings is 1. The molecule has 0 amide bonds. The van der Waals surface area contributed by atoms with Crippen LogP contribution in [0.1, 0.15) is 62.3 Å². The number of hydrogen-bond donors (Lipinski definition) is 0. The predicted molar refractivity (Wildman–Crippen MR) is 155 cm³/mol. The first-order valence-corrected chi connectivity index (χ1v) is 14.8. The van der Waals surface area contributed by atoms with Gasteiger partial charge in [-0.25, -0.2) is 14.4 Å². The van der Waals surface area contributed by atoms with Crippen molar-refractivity contribution in [2.45, 2.75) is 69.2 Å². The zero-order valence-electron chi connectivity index (χ0n) is 23.1. The molecule has 0 radical (unpaired) electrons. The Labute approximate surface area is 231 Å². The third-order valence-electron chi connectivity index (χ3n) is 7.85. The van der Waals surface area contributed by atoms with Gasteiger partial charge in [0.15, 0.2) is 0 Å². The number of rotatable bonds is 9. The average Bonchev–Trinajstić information content (AvgIpc) is 3.49. The Morgan fingerprint density at radius 3 is 2.62 bits per heavy atom. The van der Waals surface area contributed by atoms with Gasteiger partial charge in [0, 0.05) is 60.4 Å². The van der Waals surface area contributed by atoms with Crippen LogP contribution in [-0.2, 0) is 22.0 Å². The highest BCUT2D eigenvalue weighted by molar-refractivity contribution is 7.86. The first-order chi connectivity index (χ1) is 18.7. The summed E-state index contributed by atoms with van der Waals surface area (Å²) in [6.45, 7) is 9.03. The van der Waals surface area contributed by atoms with Gasteiger partial charge in [0.2, 0.25) is 0 Å². The average molecular weight is 547 g/mol. The van der Waals surface area contributed by atoms with Crippen LogP contribution in [0.4, 0.5) is 10.1 Å². The summed E-state index contributed by atoms with van der Waals surface area (Å²) in [7, 11) is 0.459. The van der Waals surface area contributed by atoms with Crippen LogP contribution in [0.15, 0.2) is 53.9 Å². The lowest BCUT2D eigenvalue weighted by Crippen LogP contribution is -2.21. The Hall–Kier alpha value is -3.39. The van der Waals surface area contributed by atoms with Crippen LogP contribution < -0.4 is 4.90 Å². The normalized spacial score (nSPS) is 15.5. The molecular formula is C31H35FN4O2S. The molecule has 8 heteroatoms. The summed E-state index contributed by atoms with van der Waals surface area (Å²) in [4.78, 5) is 23.4. The van der Waals surface area contributed by atoms with E-state index in [1.165, 1.54) is 0 Å². The monoisotopic (exact) mass is 546 g/mol. The first kappa shape index (κ1) is 27.2. The number of likely N-dealkylation sites (N-methyl/N-ethyl adjacent to an activating group) is 1. The standard InChI is InChI=1S/C31H35FN4O2S/c1-6-21(13-23(18-37)39(38)29-8-7-20(4)16-34-29)24-9-11-33-31-30(24)26(17-36(31)19(2)3)25-15-28-22(14-27(25)32)10-12-35(28)5/h7-9,11,14-19,21,23H,6,10,12-13H2,1-5H3. The Morgan fingerprint density at radius 2 is 1.95 bits per heavy atom. The van der Waals surface area contributed by atoms with E-state index in [2.05, 4.69) is 35.2 Å². The Kier molecular flexibility index (Phi) is 7.67. The molecule has 0 bridgehead atoms. The van der Waals surface area contributed by atoms with E-state index in [1.807, 2.05) is 38.4 Å². The fraction of sp³-hybridized carbons (Fsp3) is 0.387. The van der Waals surface area contributed by atoms with E-state index in [9.17, 15) is 9.00 Å². The van der Waals surface area contributed by atoms with Crippen molar-refractivity contribution in [2.24, 2.45) is 0 Å². The number of anilines is 1. The molecule has 0 N–H and O–H groups in total. The predicted octanol–water partition coefficient (Wildman–Crippen LogP) is 6.38. The number of pyridine rings is 2. The van der Waals surface area contributed by atoms with Crippen LogP contribution in [0.3, 0.4) is 0 Å². The maximum Gasteiger partial charge on any atom is 0.141 e. The lowest BCUT2D eigenvalue weighted by molar-refractivity contribution is -0.107. The van der Waals surface area contributed by atoms with Crippen molar-refractivity contribution >= 4 is 33.8 Å². The summed E-state index contributed by atoms with van der Waals surface area (Å²) in [5, 5.41) is 0.583. The van der Waals surface area contributed by atoms with E-state index in [1.54, 1.807) is 24.5 Å². The van der Waals surface area contributed by atoms with Crippen LogP contribution in [0, 0.1) is 12.7 Å². The summed E-state index contributed by atoms with van der Waals surface area (Å²) < 4.78 is 31.1. The summed E-state index contributed by atoms with van der Waals surface area (Å²) >= 11 is 0. The quantitative estimate of drug-likeness (QED) is 0.228. The van der Waals surface area contributed by atoms with Crippen LogP contribution in [-0.4, -0.2) is 43.9 Å². The number of aromatic nitrogens is 3. The smallest absolute Gasteiger partial charge is 0.141 e. The Balaban J connectivity index is 1.62. The van der Waals surface area contributed by atoms with Gasteiger partial charge >= 0.3 is 0 Å². The molecule has 1 aliphatic rings. The fourth-order valence-electron chi connectivity index (χ4n) is 5.63. The van der Waals surface area contributed by atoms with Gasteiger partial charge in [-0.05, 0) is 86.9 Å². The summed E-state index contributed by atoms with van der Waals surface area (Å²) in [6.07, 6.45) is 8.19. The molecule has 0 saturated carbocycles. The first-order valence-electron chi connectivity index (χ1n) is 13.5. The second kappa shape index (κ2) is 11.0. The number of carbonyl (C=O) groups excluding carboxylic acids is 1. The second-order valence-electron chi connectivity index (χ2n) is 10.8. The molecule has 4 heterocycles. The van der Waals surface area contributed by atoms with Gasteiger partial charge in [-0.2, -0.15) is 0 Å². The van der Waals surface area contributed by atoms with Crippen molar-refractivity contribution in [1.82, 2.24) is 14.5 Å². The minimum atomic E-state index is -1.58. The Morgan fingerprint density at radius 1 is 1.15 bits per heavy atom. The molecule has 3 aromatic heterocycles. The molecule has 3 atom stereocenters. The van der Waals surface area contributed by atoms with Gasteiger partial charge in [0.1, 0.15) is 22.8 Å². The SMILES string of the molecule is CCC(CC(C=O)S(=O)c1ccc(C)cn1)c1ccnc2c1c(-c1cc3c(cc1F)CCN3C)cn2C(C)C. The number of carbonyl (C=O) groups is 1. The molecule has 3 unspecified atom stereocenters. The highest BCUT2D eigenvalue weighted by atomic mass is 32.2. The minimum Gasteiger partial charge on any atom is -0.374 e. The zero-order valence-corrected chi connectivity index (χ0v) is 24.0. The van der Waals surface area contributed by atoms with Gasteiger partial charge < -0.3 is 14.3 Å². The molecule has 6 nitrogen and oxygen atoms in total. The van der Waals surface area contributed by atoms with Crippen molar-refractivity contribution in [3.8, 4) is 11.1 Å². The largest absolute Gasteiger partial charge is 0.374 e. The van der Waals surface area contributed by atoms with Crippen molar-refractivity contribution < 1.29 is 13.4 Å². The Bertz CT molecular complexity index is 1550. The molecule has 204 valence electrons. The number of hydrogen-bond acceptors (Lipinski definition) is 5. The van der Waals surface area contributed by atoms with E-state index in [0.29, 0.717) is 17.0 Å². The van der Waals surface area contributed by atoms with E-state index >= 15 is 4.39 Å². The summed E-state index contributed by atoms with van der Waals surface area (Å²) in [5.74, 6) is -0.325. The van der Waals surface area contributed by atoms with Crippen LogP contribution in [0.5, 0.6) is 0 Å². The zero-order chi connectivity index (χ0) is 27.8. The molecule has 1 aliphatic heterocycles. The summed E-state index contributed by atoms with van der Waals surface area (Å²) in [5.41, 5.74) is 6.17. The second-order valence-corrected chi connectivity index (χ2v) is 12.4. The highest BCUT2D eigenvalue weighted by Crippen LogP contribution is 2.42. The topological polar surface area (TPSA) is 68.1 Å². The van der Waals surface area contributed by atoms with Gasteiger partial charge in [0.25, 0.3) is 0 Å². The van der Waals surface area contributed by atoms with Gasteiger partial charge in [-0.1, -0.05) is 13.0 Å². The van der Waals surface area contributed by atoms with Crippen molar-refractivity contribution in [1.29, 1.82) is 0 Å². The molecule has 0 aliphatic carbocycles. The van der Waals surface area contributed by atoms with Gasteiger partial charge in [0.05, 0.1) is 16.0 Å². The third kappa shape index (κ3) is 5.02. The lowest BCUT2D eigenvalue weighted by atomic mass is 9.88. The number of nitrogens with zero attached hydrogens (tertiary/aromatic N) is 4. The molecule has 5 rings (SSSR count). The number of fused-ring (bicyclic) bond motifs is 2. The molecule has 0 fully saturated rings. The van der Waals surface area contributed by atoms with Gasteiger partial charge in [-0.15, -0.1) is 0 Å². The minimum absolute atomic E-state index is 0.0815. The molecule has 0 saturated heterocycles. The van der Waals surface area contributed by atoms with Crippen LogP contribution in [0.2, 0.25) is 0 Å². The van der Waals surface area contributed by atoms with Crippen molar-refractivity contribution in [3.05, 3.63) is 71.4 Å². The highest BCUT2D eigenvalue weighted by Gasteiger charge is 2.28. The lowest BCUT2D eigenvalue weighted by Gasteiger charge is -2.21. The van der Waals surface area contributed by atoms with E-state index in [4.69, 9.17) is 4.98 Å². The van der Waals surface area contributed by atoms with E-state index < -0.39 is 16.0 Å². The van der Waals surface area contributed by atoms with Gasteiger partial charge in [-0.3, -0.25) is 4.21 Å². The van der Waals surface area contributed by atoms with E-state index in [0.717, 1.165) is 64.6 Å². The molecule has 0 spiro atoms. The molecule has 4 aromatic rings. The van der Waals surface area contributed by atoms with Crippen molar-refractivity contribution in [3.63, 3.8) is 0 Å². The number of aryl methyl sites for hydroxylation is 1. The summed E-state index contributed by atoms with van der Waals surface area (Å²) in [6, 6.07) is 9.29. The molecule has 1 aromatic carbocycles. The van der Waals surface area contributed by atoms with Crippen LogP contribution >= 0.6 is 0 Å². The van der Waals surface area contributed by atoms with Crippen LogP contribution in [0.25, 0.3) is 22.2 Å².